The fraction of sp³-hybridized carbons (Fsp3) is 0.579. The van der Waals surface area contributed by atoms with E-state index in [2.05, 4.69) is 43.9 Å². The van der Waals surface area contributed by atoms with Crippen LogP contribution in [0.1, 0.15) is 16.9 Å². The van der Waals surface area contributed by atoms with Gasteiger partial charge in [-0.2, -0.15) is 0 Å². The van der Waals surface area contributed by atoms with Crippen LogP contribution in [-0.4, -0.2) is 67.4 Å². The maximum absolute atomic E-state index is 5.44. The van der Waals surface area contributed by atoms with Gasteiger partial charge < -0.3 is 14.5 Å². The van der Waals surface area contributed by atoms with Gasteiger partial charge in [-0.3, -0.25) is 9.88 Å². The van der Waals surface area contributed by atoms with E-state index in [1.54, 1.807) is 0 Å². The molecule has 0 aromatic carbocycles. The highest BCUT2D eigenvalue weighted by atomic mass is 32.1. The molecule has 4 heterocycles. The zero-order valence-electron chi connectivity index (χ0n) is 15.4. The lowest BCUT2D eigenvalue weighted by Crippen LogP contribution is -2.36. The molecule has 6 nitrogen and oxygen atoms in total. The first-order valence-electron chi connectivity index (χ1n) is 9.45. The summed E-state index contributed by atoms with van der Waals surface area (Å²) in [7, 11) is 0. The van der Waals surface area contributed by atoms with Crippen molar-refractivity contribution >= 4 is 22.2 Å². The van der Waals surface area contributed by atoms with Gasteiger partial charge in [0.15, 0.2) is 5.13 Å². The van der Waals surface area contributed by atoms with E-state index in [1.165, 1.54) is 22.5 Å². The summed E-state index contributed by atoms with van der Waals surface area (Å²) in [5.41, 5.74) is 2.59. The second-order valence-corrected chi connectivity index (χ2v) is 8.08. The molecule has 26 heavy (non-hydrogen) atoms. The number of pyridine rings is 1. The molecule has 2 aromatic rings. The molecule has 2 aliphatic rings. The van der Waals surface area contributed by atoms with Gasteiger partial charge in [0.05, 0.1) is 13.2 Å². The van der Waals surface area contributed by atoms with Gasteiger partial charge in [0.2, 0.25) is 0 Å². The maximum atomic E-state index is 5.44. The van der Waals surface area contributed by atoms with Crippen molar-refractivity contribution in [2.75, 3.05) is 62.3 Å². The molecule has 2 aromatic heterocycles. The third-order valence-electron chi connectivity index (χ3n) is 5.12. The molecule has 0 radical (unpaired) electrons. The topological polar surface area (TPSA) is 44.7 Å². The van der Waals surface area contributed by atoms with Crippen molar-refractivity contribution in [2.45, 2.75) is 19.9 Å². The SMILES string of the molecule is Cc1cnccc1N1CCCN(Cc2cnc(N3CCOCC3)s2)CC1. The first-order valence-corrected chi connectivity index (χ1v) is 10.3. The van der Waals surface area contributed by atoms with Crippen LogP contribution in [-0.2, 0) is 11.3 Å². The minimum Gasteiger partial charge on any atom is -0.378 e. The Bertz CT molecular complexity index is 715. The van der Waals surface area contributed by atoms with Crippen molar-refractivity contribution in [3.63, 3.8) is 0 Å². The predicted molar refractivity (Wildman–Crippen MR) is 106 cm³/mol. The van der Waals surface area contributed by atoms with Gasteiger partial charge in [0, 0.05) is 75.0 Å². The molecule has 0 aliphatic carbocycles. The summed E-state index contributed by atoms with van der Waals surface area (Å²) < 4.78 is 5.44. The number of rotatable bonds is 4. The second kappa shape index (κ2) is 8.33. The molecule has 0 N–H and O–H groups in total. The fourth-order valence-electron chi connectivity index (χ4n) is 3.68. The van der Waals surface area contributed by atoms with E-state index in [4.69, 9.17) is 4.74 Å². The molecule has 0 bridgehead atoms. The number of anilines is 2. The van der Waals surface area contributed by atoms with Crippen molar-refractivity contribution in [1.29, 1.82) is 0 Å². The Morgan fingerprint density at radius 1 is 1.04 bits per heavy atom. The van der Waals surface area contributed by atoms with Crippen LogP contribution in [0.15, 0.2) is 24.7 Å². The lowest BCUT2D eigenvalue weighted by atomic mass is 10.2. The molecule has 0 saturated carbocycles. The lowest BCUT2D eigenvalue weighted by Gasteiger charge is -2.26. The first kappa shape index (κ1) is 17.7. The monoisotopic (exact) mass is 373 g/mol. The van der Waals surface area contributed by atoms with Gasteiger partial charge >= 0.3 is 0 Å². The number of aryl methyl sites for hydroxylation is 1. The zero-order valence-corrected chi connectivity index (χ0v) is 16.2. The Morgan fingerprint density at radius 2 is 1.92 bits per heavy atom. The molecule has 140 valence electrons. The average molecular weight is 374 g/mol. The van der Waals surface area contributed by atoms with Gasteiger partial charge in [-0.25, -0.2) is 4.98 Å². The fourth-order valence-corrected chi connectivity index (χ4v) is 4.69. The van der Waals surface area contributed by atoms with Gasteiger partial charge in [-0.1, -0.05) is 0 Å². The van der Waals surface area contributed by atoms with Crippen molar-refractivity contribution in [3.05, 3.63) is 35.1 Å². The zero-order chi connectivity index (χ0) is 17.8. The van der Waals surface area contributed by atoms with E-state index < -0.39 is 0 Å². The van der Waals surface area contributed by atoms with Crippen LogP contribution in [0.25, 0.3) is 0 Å². The number of nitrogens with zero attached hydrogens (tertiary/aromatic N) is 5. The van der Waals surface area contributed by atoms with Crippen molar-refractivity contribution in [2.24, 2.45) is 0 Å². The Labute approximate surface area is 159 Å². The average Bonchev–Trinajstić information content (AvgIpc) is 3.02. The van der Waals surface area contributed by atoms with Crippen LogP contribution in [0.4, 0.5) is 10.8 Å². The van der Waals surface area contributed by atoms with E-state index >= 15 is 0 Å². The van der Waals surface area contributed by atoms with Gasteiger partial charge in [-0.15, -0.1) is 11.3 Å². The molecule has 2 aliphatic heterocycles. The Balaban J connectivity index is 1.35. The first-order chi connectivity index (χ1) is 12.8. The molecule has 4 rings (SSSR count). The van der Waals surface area contributed by atoms with E-state index in [0.717, 1.165) is 64.2 Å². The molecule has 7 heteroatoms. The number of hydrogen-bond acceptors (Lipinski definition) is 7. The largest absolute Gasteiger partial charge is 0.378 e. The summed E-state index contributed by atoms with van der Waals surface area (Å²) in [4.78, 5) is 17.6. The number of ether oxygens (including phenoxy) is 1. The number of thiazole rings is 1. The molecule has 0 amide bonds. The lowest BCUT2D eigenvalue weighted by molar-refractivity contribution is 0.122. The molecule has 2 saturated heterocycles. The maximum Gasteiger partial charge on any atom is 0.185 e. The Morgan fingerprint density at radius 3 is 2.77 bits per heavy atom. The minimum atomic E-state index is 0.811. The summed E-state index contributed by atoms with van der Waals surface area (Å²) in [6.07, 6.45) is 7.11. The summed E-state index contributed by atoms with van der Waals surface area (Å²) in [5.74, 6) is 0. The summed E-state index contributed by atoms with van der Waals surface area (Å²) >= 11 is 1.84. The number of morpholine rings is 1. The van der Waals surface area contributed by atoms with E-state index in [9.17, 15) is 0 Å². The van der Waals surface area contributed by atoms with E-state index in [-0.39, 0.29) is 0 Å². The van der Waals surface area contributed by atoms with E-state index in [0.29, 0.717) is 0 Å². The minimum absolute atomic E-state index is 0.811. The van der Waals surface area contributed by atoms with Gasteiger partial charge in [-0.05, 0) is 25.0 Å². The van der Waals surface area contributed by atoms with Crippen molar-refractivity contribution < 1.29 is 4.74 Å². The van der Waals surface area contributed by atoms with Crippen LogP contribution in [0, 0.1) is 6.92 Å². The summed E-state index contributed by atoms with van der Waals surface area (Å²) in [6, 6.07) is 2.14. The third kappa shape index (κ3) is 4.16. The van der Waals surface area contributed by atoms with Crippen molar-refractivity contribution in [3.8, 4) is 0 Å². The van der Waals surface area contributed by atoms with Gasteiger partial charge in [0.25, 0.3) is 0 Å². The number of aromatic nitrogens is 2. The molecule has 0 spiro atoms. The van der Waals surface area contributed by atoms with Gasteiger partial charge in [0.1, 0.15) is 0 Å². The summed E-state index contributed by atoms with van der Waals surface area (Å²) in [6.45, 7) is 11.1. The molecule has 0 atom stereocenters. The van der Waals surface area contributed by atoms with Crippen LogP contribution >= 0.6 is 11.3 Å². The smallest absolute Gasteiger partial charge is 0.185 e. The normalized spacial score (nSPS) is 19.6. The molecule has 0 unspecified atom stereocenters. The molecular weight excluding hydrogens is 346 g/mol. The second-order valence-electron chi connectivity index (χ2n) is 6.99. The predicted octanol–water partition coefficient (Wildman–Crippen LogP) is 2.40. The standard InChI is InChI=1S/C19H27N5OS/c1-16-13-20-4-3-18(16)23-6-2-5-22(7-8-23)15-17-14-21-19(26-17)24-9-11-25-12-10-24/h3-4,13-14H,2,5-12,15H2,1H3. The van der Waals surface area contributed by atoms with Crippen LogP contribution < -0.4 is 9.80 Å². The Kier molecular flexibility index (Phi) is 5.67. The highest BCUT2D eigenvalue weighted by molar-refractivity contribution is 7.15. The molecular formula is C19H27N5OS. The number of hydrogen-bond donors (Lipinski definition) is 0. The quantitative estimate of drug-likeness (QED) is 0.820. The van der Waals surface area contributed by atoms with E-state index in [1.807, 2.05) is 23.7 Å². The van der Waals surface area contributed by atoms with Crippen molar-refractivity contribution in [1.82, 2.24) is 14.9 Å². The highest BCUT2D eigenvalue weighted by Gasteiger charge is 2.19. The summed E-state index contributed by atoms with van der Waals surface area (Å²) in [5, 5.41) is 1.15. The Hall–Kier alpha value is -1.70. The van der Waals surface area contributed by atoms with Crippen LogP contribution in [0.3, 0.4) is 0 Å². The highest BCUT2D eigenvalue weighted by Crippen LogP contribution is 2.25. The molecule has 2 fully saturated rings. The van der Waals surface area contributed by atoms with Crippen LogP contribution in [0.2, 0.25) is 0 Å². The van der Waals surface area contributed by atoms with Crippen LogP contribution in [0.5, 0.6) is 0 Å². The third-order valence-corrected chi connectivity index (χ3v) is 6.17.